The smallest absolute Gasteiger partial charge is 0.336 e. The van der Waals surface area contributed by atoms with E-state index in [1.54, 1.807) is 24.3 Å². The first-order chi connectivity index (χ1) is 34.3. The lowest BCUT2D eigenvalue weighted by molar-refractivity contribution is 0.0360. The average molecular weight is 981 g/mol. The lowest BCUT2D eigenvalue weighted by Crippen LogP contribution is -2.41. The molecule has 0 amide bonds. The van der Waals surface area contributed by atoms with Crippen molar-refractivity contribution < 1.29 is 33.6 Å². The van der Waals surface area contributed by atoms with Crippen molar-refractivity contribution in [2.45, 2.75) is 32.4 Å². The Morgan fingerprint density at radius 3 is 1.77 bits per heavy atom. The number of carboxylic acids is 1. The molecule has 17 heteroatoms. The van der Waals surface area contributed by atoms with Crippen LogP contribution >= 0.6 is 12.2 Å². The van der Waals surface area contributed by atoms with Crippen LogP contribution in [0.2, 0.25) is 0 Å². The molecule has 3 aliphatic heterocycles. The van der Waals surface area contributed by atoms with Crippen LogP contribution in [0.15, 0.2) is 82.0 Å². The maximum Gasteiger partial charge on any atom is 0.336 e. The van der Waals surface area contributed by atoms with Crippen molar-refractivity contribution in [3.63, 3.8) is 0 Å². The second-order valence-corrected chi connectivity index (χ2v) is 18.5. The van der Waals surface area contributed by atoms with E-state index in [-0.39, 0.29) is 16.7 Å². The van der Waals surface area contributed by atoms with Crippen molar-refractivity contribution in [1.82, 2.24) is 41.7 Å². The van der Waals surface area contributed by atoms with Crippen LogP contribution in [0.5, 0.6) is 11.5 Å². The van der Waals surface area contributed by atoms with Gasteiger partial charge in [0.15, 0.2) is 5.43 Å². The van der Waals surface area contributed by atoms with E-state index in [0.29, 0.717) is 79.3 Å². The van der Waals surface area contributed by atoms with Crippen LogP contribution < -0.4 is 42.1 Å². The number of aromatic hydroxyl groups is 1. The summed E-state index contributed by atoms with van der Waals surface area (Å²) >= 11 is 5.74. The predicted molar refractivity (Wildman–Crippen MR) is 280 cm³/mol. The van der Waals surface area contributed by atoms with Crippen molar-refractivity contribution >= 4 is 34.0 Å². The van der Waals surface area contributed by atoms with Gasteiger partial charge in [0, 0.05) is 159 Å². The van der Waals surface area contributed by atoms with E-state index in [0.717, 1.165) is 140 Å². The third kappa shape index (κ3) is 17.2. The zero-order chi connectivity index (χ0) is 48.8. The van der Waals surface area contributed by atoms with Gasteiger partial charge < -0.3 is 60.7 Å². The highest BCUT2D eigenvalue weighted by Crippen LogP contribution is 2.42. The van der Waals surface area contributed by atoms with Crippen LogP contribution in [-0.2, 0) is 29.0 Å². The van der Waals surface area contributed by atoms with Gasteiger partial charge in [-0.15, -0.1) is 0 Å². The number of phenols is 1. The monoisotopic (exact) mass is 981 g/mol. The molecule has 1 aliphatic carbocycles. The third-order valence-electron chi connectivity index (χ3n) is 12.4. The van der Waals surface area contributed by atoms with Gasteiger partial charge in [0.05, 0.1) is 25.4 Å². The SMILES string of the molecule is O=C(O)c1cc(CC(=S)CCCOCCOCCOc2cc(CN3CCNCCNCCNCC3)cc(CN3CCNCCNCCNCC3)c2)ccc1-c1c2ccc(=O)cc-2oc2cc(O)ccc12. The maximum absolute atomic E-state index is 12.7. The van der Waals surface area contributed by atoms with Crippen LogP contribution in [0.3, 0.4) is 0 Å². The Kier molecular flexibility index (Phi) is 21.8. The number of rotatable bonds is 19. The van der Waals surface area contributed by atoms with Crippen molar-refractivity contribution in [2.75, 3.05) is 138 Å². The number of phenolic OH excluding ortho intramolecular Hbond substituents is 1. The van der Waals surface area contributed by atoms with Crippen molar-refractivity contribution in [3.8, 4) is 33.9 Å². The van der Waals surface area contributed by atoms with Gasteiger partial charge in [-0.1, -0.05) is 30.4 Å². The lowest BCUT2D eigenvalue weighted by atomic mass is 9.89. The molecule has 0 saturated carbocycles. The molecule has 0 bridgehead atoms. The first-order valence-corrected chi connectivity index (χ1v) is 25.4. The summed E-state index contributed by atoms with van der Waals surface area (Å²) in [6.07, 6.45) is 1.83. The zero-order valence-corrected chi connectivity index (χ0v) is 41.3. The second kappa shape index (κ2) is 28.8. The molecule has 16 nitrogen and oxygen atoms in total. The van der Waals surface area contributed by atoms with Crippen LogP contribution in [0.4, 0.5) is 0 Å². The van der Waals surface area contributed by atoms with Crippen LogP contribution in [0, 0.1) is 0 Å². The van der Waals surface area contributed by atoms with Crippen molar-refractivity contribution in [2.24, 2.45) is 0 Å². The molecule has 0 aromatic heterocycles. The normalized spacial score (nSPS) is 16.7. The number of fused-ring (bicyclic) bond motifs is 2. The van der Waals surface area contributed by atoms with Gasteiger partial charge >= 0.3 is 5.97 Å². The summed E-state index contributed by atoms with van der Waals surface area (Å²) in [5, 5.41) is 42.4. The molecule has 0 spiro atoms. The first kappa shape index (κ1) is 52.9. The Morgan fingerprint density at radius 1 is 0.614 bits per heavy atom. The number of carboxylic acid groups (broad SMARTS) is 1. The molecular weight excluding hydrogens is 909 g/mol. The van der Waals surface area contributed by atoms with E-state index < -0.39 is 5.97 Å². The average Bonchev–Trinajstić information content (AvgIpc) is 3.33. The Hall–Kier alpha value is -4.89. The first-order valence-electron chi connectivity index (χ1n) is 25.0. The molecule has 378 valence electrons. The van der Waals surface area contributed by atoms with E-state index in [1.807, 2.05) is 6.07 Å². The number of benzene rings is 4. The van der Waals surface area contributed by atoms with Gasteiger partial charge in [-0.05, 0) is 82.4 Å². The summed E-state index contributed by atoms with van der Waals surface area (Å²) in [7, 11) is 0. The van der Waals surface area contributed by atoms with E-state index in [1.165, 1.54) is 35.4 Å². The third-order valence-corrected chi connectivity index (χ3v) is 12.8. The van der Waals surface area contributed by atoms with Gasteiger partial charge in [0.1, 0.15) is 29.4 Å². The largest absolute Gasteiger partial charge is 0.508 e. The molecule has 3 aromatic rings. The van der Waals surface area contributed by atoms with E-state index in [4.69, 9.17) is 30.8 Å². The summed E-state index contributed by atoms with van der Waals surface area (Å²) in [6.45, 7) is 19.4. The minimum Gasteiger partial charge on any atom is -0.508 e. The van der Waals surface area contributed by atoms with Gasteiger partial charge in [0.2, 0.25) is 0 Å². The number of ether oxygens (including phenoxy) is 3. The number of aromatic carboxylic acids is 1. The molecule has 0 atom stereocenters. The Morgan fingerprint density at radius 2 is 1.17 bits per heavy atom. The Bertz CT molecular complexity index is 2380. The fourth-order valence-electron chi connectivity index (χ4n) is 8.93. The minimum atomic E-state index is -1.09. The van der Waals surface area contributed by atoms with Gasteiger partial charge in [0.25, 0.3) is 0 Å². The molecule has 2 saturated heterocycles. The summed E-state index contributed by atoms with van der Waals surface area (Å²) in [5.41, 5.74) is 5.17. The van der Waals surface area contributed by atoms with Crippen molar-refractivity contribution in [1.29, 1.82) is 0 Å². The van der Waals surface area contributed by atoms with E-state index in [9.17, 15) is 19.8 Å². The van der Waals surface area contributed by atoms with E-state index in [2.05, 4.69) is 59.9 Å². The van der Waals surface area contributed by atoms with Gasteiger partial charge in [-0.25, -0.2) is 4.79 Å². The molecule has 8 N–H and O–H groups in total. The second-order valence-electron chi connectivity index (χ2n) is 17.9. The maximum atomic E-state index is 12.7. The number of nitrogens with one attached hydrogen (secondary N) is 6. The standard InChI is InChI=1S/C53H72N8O8S/c62-42-4-7-47-50(35-42)69-51-36-43(63)5-8-48(51)52(47)46-6-3-39(34-49(46)53(64)65)33-45(70)2-1-25-66-26-27-67-28-29-68-44-31-40(37-60-21-17-56-13-9-54-10-14-57-18-22-60)30-41(32-44)38-61-23-19-58-15-11-55-12-16-59-20-24-61/h3-8,30-32,34-36,54-59,62H,1-2,9-29,33,37-38H2,(H,64,65). The van der Waals surface area contributed by atoms with Crippen LogP contribution in [0.25, 0.3) is 33.4 Å². The van der Waals surface area contributed by atoms with Crippen molar-refractivity contribution in [3.05, 3.63) is 105 Å². The number of nitrogens with zero attached hydrogens (tertiary/aromatic N) is 2. The fraction of sp³-hybridized carbons (Fsp3) is 0.491. The Labute approximate surface area is 417 Å². The number of hydrogen-bond donors (Lipinski definition) is 8. The number of carbonyl (C=O) groups is 1. The topological polar surface area (TPSA) is 194 Å². The van der Waals surface area contributed by atoms with E-state index >= 15 is 0 Å². The molecule has 3 heterocycles. The predicted octanol–water partition coefficient (Wildman–Crippen LogP) is 3.94. The van der Waals surface area contributed by atoms with Gasteiger partial charge in [-0.3, -0.25) is 14.6 Å². The van der Waals surface area contributed by atoms with Crippen LogP contribution in [-0.4, -0.2) is 169 Å². The number of thiocarbonyl (C=S) groups is 1. The molecule has 7 rings (SSSR count). The molecule has 0 unspecified atom stereocenters. The fourth-order valence-corrected chi connectivity index (χ4v) is 9.24. The molecular formula is C53H72N8O8S. The molecule has 0 radical (unpaired) electrons. The molecule has 3 aromatic carbocycles. The zero-order valence-electron chi connectivity index (χ0n) is 40.5. The highest BCUT2D eigenvalue weighted by molar-refractivity contribution is 7.80. The molecule has 70 heavy (non-hydrogen) atoms. The number of hydrogen-bond acceptors (Lipinski definition) is 16. The summed E-state index contributed by atoms with van der Waals surface area (Å²) in [5.74, 6) is 0.0713. The highest BCUT2D eigenvalue weighted by atomic mass is 32.1. The summed E-state index contributed by atoms with van der Waals surface area (Å²) in [4.78, 5) is 30.7. The molecule has 2 fully saturated rings. The van der Waals surface area contributed by atoms with Gasteiger partial charge in [-0.2, -0.15) is 0 Å². The highest BCUT2D eigenvalue weighted by Gasteiger charge is 2.23. The summed E-state index contributed by atoms with van der Waals surface area (Å²) in [6, 6.07) is 21.2. The Balaban J connectivity index is 0.866. The summed E-state index contributed by atoms with van der Waals surface area (Å²) < 4.78 is 24.1. The van der Waals surface area contributed by atoms with Crippen LogP contribution in [0.1, 0.15) is 39.9 Å². The molecule has 4 aliphatic rings. The lowest BCUT2D eigenvalue weighted by Gasteiger charge is -2.26. The quantitative estimate of drug-likeness (QED) is 0.0337. The minimum absolute atomic E-state index is 0.00584.